The topological polar surface area (TPSA) is 188 Å². The van der Waals surface area contributed by atoms with Crippen molar-refractivity contribution < 1.29 is 32.8 Å². The van der Waals surface area contributed by atoms with Crippen molar-refractivity contribution in [1.29, 1.82) is 0 Å². The van der Waals surface area contributed by atoms with Crippen molar-refractivity contribution in [1.82, 2.24) is 19.2 Å². The number of hydrogen-bond donors (Lipinski definition) is 2. The van der Waals surface area contributed by atoms with E-state index < -0.39 is 58.0 Å². The van der Waals surface area contributed by atoms with E-state index in [9.17, 15) is 38.0 Å². The maximum atomic E-state index is 14.1. The Hall–Kier alpha value is -4.57. The first-order chi connectivity index (χ1) is 24.0. The summed E-state index contributed by atoms with van der Waals surface area (Å²) in [5.41, 5.74) is 6.97. The van der Waals surface area contributed by atoms with Gasteiger partial charge in [-0.1, -0.05) is 81.8 Å². The average molecular weight is 743 g/mol. The van der Waals surface area contributed by atoms with Crippen molar-refractivity contribution in [2.75, 3.05) is 25.4 Å². The van der Waals surface area contributed by atoms with E-state index in [-0.39, 0.29) is 59.1 Å². The van der Waals surface area contributed by atoms with Crippen molar-refractivity contribution in [3.8, 4) is 0 Å². The van der Waals surface area contributed by atoms with Crippen molar-refractivity contribution >= 4 is 50.8 Å². The number of nitro benzene ring substituents is 1. The first kappa shape index (κ1) is 39.2. The zero-order chi connectivity index (χ0) is 37.6. The van der Waals surface area contributed by atoms with Crippen LogP contribution in [-0.2, 0) is 32.6 Å². The quantitative estimate of drug-likeness (QED) is 0.0908. The van der Waals surface area contributed by atoms with Gasteiger partial charge in [-0.25, -0.2) is 23.2 Å². The summed E-state index contributed by atoms with van der Waals surface area (Å²) < 4.78 is 29.1. The molecule has 1 saturated heterocycles. The van der Waals surface area contributed by atoms with E-state index in [1.807, 2.05) is 27.7 Å². The smallest absolute Gasteiger partial charge is 0.346 e. The van der Waals surface area contributed by atoms with Gasteiger partial charge in [0.1, 0.15) is 6.54 Å². The summed E-state index contributed by atoms with van der Waals surface area (Å²) in [6.07, 6.45) is -1.59. The molecule has 0 radical (unpaired) electrons. The van der Waals surface area contributed by atoms with E-state index >= 15 is 0 Å². The van der Waals surface area contributed by atoms with Crippen LogP contribution in [0.3, 0.4) is 0 Å². The molecule has 0 unspecified atom stereocenters. The Morgan fingerprint density at radius 3 is 2.20 bits per heavy atom. The fraction of sp³-hybridized carbons (Fsp3) is 0.400. The number of hydrogen-bond acceptors (Lipinski definition) is 9. The first-order valence-electron chi connectivity index (χ1n) is 16.4. The van der Waals surface area contributed by atoms with Gasteiger partial charge in [0.25, 0.3) is 11.6 Å². The van der Waals surface area contributed by atoms with Gasteiger partial charge in [0.15, 0.2) is 0 Å². The molecule has 0 bridgehead atoms. The normalized spacial score (nSPS) is 14.8. The Labute approximate surface area is 302 Å². The number of amides is 4. The lowest BCUT2D eigenvalue weighted by atomic mass is 9.99. The molecule has 3 aromatic rings. The SMILES string of the molecule is CC(C)CC(=O)N([C@@H](Cc1ccccc1)[C@H](O)CN(CC(C)C)S(=O)(=O)c1ccc(Cl)c(N)c1)N1CC(=O)N(Cc2ccc([N+](=O)[O-])cc2)C1=O. The highest BCUT2D eigenvalue weighted by atomic mass is 35.5. The van der Waals surface area contributed by atoms with Gasteiger partial charge in [-0.2, -0.15) is 4.31 Å². The number of aliphatic hydroxyl groups is 1. The van der Waals surface area contributed by atoms with Crippen LogP contribution in [0.4, 0.5) is 16.2 Å². The number of nitrogens with two attached hydrogens (primary N) is 1. The zero-order valence-corrected chi connectivity index (χ0v) is 30.5. The number of non-ortho nitro benzene ring substituents is 1. The number of nitrogens with zero attached hydrogens (tertiary/aromatic N) is 5. The highest BCUT2D eigenvalue weighted by Gasteiger charge is 2.46. The van der Waals surface area contributed by atoms with E-state index in [4.69, 9.17) is 17.3 Å². The van der Waals surface area contributed by atoms with Gasteiger partial charge < -0.3 is 10.8 Å². The maximum absolute atomic E-state index is 14.1. The monoisotopic (exact) mass is 742 g/mol. The zero-order valence-electron chi connectivity index (χ0n) is 28.9. The number of hydrazine groups is 1. The van der Waals surface area contributed by atoms with Crippen LogP contribution in [0.5, 0.6) is 0 Å². The second-order valence-corrected chi connectivity index (χ2v) is 15.6. The fourth-order valence-electron chi connectivity index (χ4n) is 5.78. The standard InChI is InChI=1S/C35H43ClN6O8S/c1-23(2)16-33(44)41(40-22-34(45)39(35(40)46)20-26-10-12-27(13-11-26)42(47)48)31(17-25-8-6-5-7-9-25)32(43)21-38(19-24(3)4)51(49,50)28-14-15-29(36)30(37)18-28/h5-15,18,23-24,31-32,43H,16-17,19-22,37H2,1-4H3/t31-,32+/m0/s1. The summed E-state index contributed by atoms with van der Waals surface area (Å²) in [5, 5.41) is 25.5. The number of carbonyl (C=O) groups is 3. The largest absolute Gasteiger partial charge is 0.397 e. The molecule has 1 aliphatic rings. The van der Waals surface area contributed by atoms with Crippen molar-refractivity contribution in [3.05, 3.63) is 99.1 Å². The molecule has 0 spiro atoms. The molecule has 0 aromatic heterocycles. The second kappa shape index (κ2) is 16.6. The van der Waals surface area contributed by atoms with Crippen LogP contribution in [0, 0.1) is 22.0 Å². The van der Waals surface area contributed by atoms with Crippen LogP contribution in [-0.4, -0.2) is 87.3 Å². The van der Waals surface area contributed by atoms with Crippen LogP contribution >= 0.6 is 11.6 Å². The van der Waals surface area contributed by atoms with E-state index in [1.54, 1.807) is 30.3 Å². The number of imide groups is 1. The number of benzene rings is 3. The van der Waals surface area contributed by atoms with E-state index in [1.165, 1.54) is 42.5 Å². The van der Waals surface area contributed by atoms with E-state index in [0.717, 1.165) is 19.2 Å². The van der Waals surface area contributed by atoms with Crippen molar-refractivity contribution in [3.63, 3.8) is 0 Å². The molecule has 1 aliphatic heterocycles. The molecular weight excluding hydrogens is 700 g/mol. The fourth-order valence-corrected chi connectivity index (χ4v) is 7.55. The summed E-state index contributed by atoms with van der Waals surface area (Å²) >= 11 is 6.06. The van der Waals surface area contributed by atoms with Crippen LogP contribution in [0.1, 0.15) is 45.2 Å². The number of carbonyl (C=O) groups excluding carboxylic acids is 3. The Morgan fingerprint density at radius 1 is 0.980 bits per heavy atom. The van der Waals surface area contributed by atoms with Crippen LogP contribution in [0.25, 0.3) is 0 Å². The van der Waals surface area contributed by atoms with E-state index in [0.29, 0.717) is 11.1 Å². The molecule has 274 valence electrons. The molecule has 4 rings (SSSR count). The molecule has 4 amide bonds. The van der Waals surface area contributed by atoms with Crippen LogP contribution in [0.15, 0.2) is 77.7 Å². The molecule has 3 N–H and O–H groups in total. The van der Waals surface area contributed by atoms with Gasteiger partial charge >= 0.3 is 6.03 Å². The Bertz CT molecular complexity index is 1840. The van der Waals surface area contributed by atoms with Gasteiger partial charge in [-0.05, 0) is 47.6 Å². The van der Waals surface area contributed by atoms with Gasteiger partial charge in [0.2, 0.25) is 15.9 Å². The summed E-state index contributed by atoms with van der Waals surface area (Å²) in [5.74, 6) is -1.52. The molecule has 0 saturated carbocycles. The van der Waals surface area contributed by atoms with Crippen LogP contribution < -0.4 is 5.73 Å². The van der Waals surface area contributed by atoms with Gasteiger partial charge in [-0.3, -0.25) is 24.6 Å². The number of halogens is 1. The summed E-state index contributed by atoms with van der Waals surface area (Å²) in [6.45, 7) is 6.06. The lowest BCUT2D eigenvalue weighted by molar-refractivity contribution is -0.384. The highest BCUT2D eigenvalue weighted by Crippen LogP contribution is 2.28. The van der Waals surface area contributed by atoms with E-state index in [2.05, 4.69) is 0 Å². The molecule has 14 nitrogen and oxygen atoms in total. The lowest BCUT2D eigenvalue weighted by Crippen LogP contribution is -2.60. The van der Waals surface area contributed by atoms with Crippen molar-refractivity contribution in [2.45, 2.75) is 64.1 Å². The number of nitrogen functional groups attached to an aromatic ring is 1. The predicted octanol–water partition coefficient (Wildman–Crippen LogP) is 4.70. The van der Waals surface area contributed by atoms with Crippen LogP contribution in [0.2, 0.25) is 5.02 Å². The molecular formula is C35H43ClN6O8S. The highest BCUT2D eigenvalue weighted by molar-refractivity contribution is 7.89. The maximum Gasteiger partial charge on any atom is 0.346 e. The number of urea groups is 1. The molecule has 0 aliphatic carbocycles. The second-order valence-electron chi connectivity index (χ2n) is 13.3. The molecule has 2 atom stereocenters. The molecule has 16 heteroatoms. The number of aliphatic hydroxyl groups excluding tert-OH is 1. The third-order valence-corrected chi connectivity index (χ3v) is 10.4. The summed E-state index contributed by atoms with van der Waals surface area (Å²) in [7, 11) is -4.25. The van der Waals surface area contributed by atoms with Gasteiger partial charge in [0, 0.05) is 31.6 Å². The molecule has 1 heterocycles. The third-order valence-electron chi connectivity index (χ3n) is 8.23. The van der Waals surface area contributed by atoms with Gasteiger partial charge in [0.05, 0.1) is 39.2 Å². The first-order valence-corrected chi connectivity index (χ1v) is 18.3. The third kappa shape index (κ3) is 9.61. The van der Waals surface area contributed by atoms with Gasteiger partial charge in [-0.15, -0.1) is 0 Å². The molecule has 3 aromatic carbocycles. The molecule has 1 fully saturated rings. The molecule has 51 heavy (non-hydrogen) atoms. The number of nitro groups is 1. The number of rotatable bonds is 16. The lowest BCUT2D eigenvalue weighted by Gasteiger charge is -2.41. The minimum absolute atomic E-state index is 0.00404. The number of sulfonamides is 1. The number of anilines is 1. The summed E-state index contributed by atoms with van der Waals surface area (Å²) in [6, 6.07) is 16.2. The van der Waals surface area contributed by atoms with Crippen molar-refractivity contribution in [2.24, 2.45) is 11.8 Å². The minimum atomic E-state index is -4.25. The average Bonchev–Trinajstić information content (AvgIpc) is 3.33. The predicted molar refractivity (Wildman–Crippen MR) is 191 cm³/mol. The Morgan fingerprint density at radius 2 is 1.63 bits per heavy atom. The Kier molecular flexibility index (Phi) is 12.8. The summed E-state index contributed by atoms with van der Waals surface area (Å²) in [4.78, 5) is 52.8. The Balaban J connectivity index is 1.75. The minimum Gasteiger partial charge on any atom is -0.397 e.